The lowest BCUT2D eigenvalue weighted by Gasteiger charge is -2.20. The van der Waals surface area contributed by atoms with Crippen molar-refractivity contribution in [1.82, 2.24) is 14.5 Å². The van der Waals surface area contributed by atoms with Crippen LogP contribution in [0.15, 0.2) is 55.1 Å². The molecular weight excluding hydrogens is 446 g/mol. The summed E-state index contributed by atoms with van der Waals surface area (Å²) in [4.78, 5) is 23.6. The van der Waals surface area contributed by atoms with Crippen molar-refractivity contribution in [2.75, 3.05) is 11.4 Å². The molecule has 0 unspecified atom stereocenters. The van der Waals surface area contributed by atoms with Crippen molar-refractivity contribution in [3.05, 3.63) is 77.1 Å². The molecule has 2 heterocycles. The molecule has 0 bridgehead atoms. The van der Waals surface area contributed by atoms with Gasteiger partial charge in [0, 0.05) is 25.5 Å². The summed E-state index contributed by atoms with van der Waals surface area (Å²) in [6, 6.07) is 9.80. The van der Waals surface area contributed by atoms with E-state index in [1.54, 1.807) is 17.4 Å². The Morgan fingerprint density at radius 1 is 1.27 bits per heavy atom. The van der Waals surface area contributed by atoms with E-state index in [4.69, 9.17) is 11.6 Å². The van der Waals surface area contributed by atoms with Gasteiger partial charge >= 0.3 is 0 Å². The number of thiazole rings is 1. The SMILES string of the molecule is Cc1ccc2nc(N(CCCn3ccnc3)C(=O)c3ccc(F)cc3Cl)sc2c1.Cl. The van der Waals surface area contributed by atoms with Crippen molar-refractivity contribution in [2.45, 2.75) is 19.9 Å². The quantitative estimate of drug-likeness (QED) is 0.364. The molecule has 0 saturated carbocycles. The van der Waals surface area contributed by atoms with Crippen LogP contribution >= 0.6 is 35.3 Å². The van der Waals surface area contributed by atoms with Crippen molar-refractivity contribution in [1.29, 1.82) is 0 Å². The molecule has 4 rings (SSSR count). The van der Waals surface area contributed by atoms with E-state index in [0.29, 0.717) is 24.6 Å². The minimum absolute atomic E-state index is 0. The second-order valence-electron chi connectivity index (χ2n) is 6.70. The highest BCUT2D eigenvalue weighted by Crippen LogP contribution is 2.31. The summed E-state index contributed by atoms with van der Waals surface area (Å²) in [6.07, 6.45) is 6.04. The van der Waals surface area contributed by atoms with Crippen molar-refractivity contribution >= 4 is 56.6 Å². The smallest absolute Gasteiger partial charge is 0.261 e. The molecule has 2 aromatic carbocycles. The van der Waals surface area contributed by atoms with Gasteiger partial charge in [0.1, 0.15) is 5.82 Å². The lowest BCUT2D eigenvalue weighted by Crippen LogP contribution is -2.32. The molecule has 9 heteroatoms. The highest BCUT2D eigenvalue weighted by atomic mass is 35.5. The highest BCUT2D eigenvalue weighted by molar-refractivity contribution is 7.22. The molecule has 0 radical (unpaired) electrons. The van der Waals surface area contributed by atoms with Crippen LogP contribution < -0.4 is 4.90 Å². The summed E-state index contributed by atoms with van der Waals surface area (Å²) in [5.74, 6) is -0.773. The maximum Gasteiger partial charge on any atom is 0.261 e. The van der Waals surface area contributed by atoms with Crippen LogP contribution in [0.2, 0.25) is 5.02 Å². The van der Waals surface area contributed by atoms with Gasteiger partial charge in [-0.1, -0.05) is 29.0 Å². The van der Waals surface area contributed by atoms with Crippen LogP contribution in [0.3, 0.4) is 0 Å². The molecule has 0 saturated heterocycles. The summed E-state index contributed by atoms with van der Waals surface area (Å²) in [6.45, 7) is 3.18. The van der Waals surface area contributed by atoms with Crippen LogP contribution in [0.1, 0.15) is 22.3 Å². The fourth-order valence-corrected chi connectivity index (χ4v) is 4.39. The number of aryl methyl sites for hydroxylation is 2. The Kier molecular flexibility index (Phi) is 7.07. The lowest BCUT2D eigenvalue weighted by molar-refractivity contribution is 0.0986. The molecule has 0 aliphatic carbocycles. The van der Waals surface area contributed by atoms with Gasteiger partial charge in [-0.25, -0.2) is 14.4 Å². The average molecular weight is 465 g/mol. The van der Waals surface area contributed by atoms with Crippen LogP contribution in [0.25, 0.3) is 10.2 Å². The Balaban J connectivity index is 0.00000256. The molecule has 5 nitrogen and oxygen atoms in total. The minimum atomic E-state index is -0.478. The van der Waals surface area contributed by atoms with Gasteiger partial charge in [-0.3, -0.25) is 9.69 Å². The first-order chi connectivity index (χ1) is 14.0. The van der Waals surface area contributed by atoms with Gasteiger partial charge in [-0.15, -0.1) is 12.4 Å². The van der Waals surface area contributed by atoms with E-state index in [9.17, 15) is 9.18 Å². The number of anilines is 1. The molecule has 0 spiro atoms. The van der Waals surface area contributed by atoms with Crippen LogP contribution in [0, 0.1) is 12.7 Å². The molecule has 156 valence electrons. The normalized spacial score (nSPS) is 10.8. The second kappa shape index (κ2) is 9.55. The van der Waals surface area contributed by atoms with E-state index in [1.807, 2.05) is 29.8 Å². The number of aromatic nitrogens is 3. The zero-order valence-corrected chi connectivity index (χ0v) is 18.5. The van der Waals surface area contributed by atoms with Crippen LogP contribution in [-0.4, -0.2) is 27.0 Å². The van der Waals surface area contributed by atoms with Gasteiger partial charge in [0.25, 0.3) is 5.91 Å². The third-order valence-corrected chi connectivity index (χ3v) is 5.88. The average Bonchev–Trinajstić information content (AvgIpc) is 3.34. The number of rotatable bonds is 6. The molecule has 30 heavy (non-hydrogen) atoms. The number of carbonyl (C=O) groups excluding carboxylic acids is 1. The van der Waals surface area contributed by atoms with E-state index < -0.39 is 5.82 Å². The van der Waals surface area contributed by atoms with Gasteiger partial charge in [0.2, 0.25) is 0 Å². The third kappa shape index (κ3) is 4.80. The monoisotopic (exact) mass is 464 g/mol. The molecule has 2 aromatic heterocycles. The fraction of sp³-hybridized carbons (Fsp3) is 0.190. The summed E-state index contributed by atoms with van der Waals surface area (Å²) >= 11 is 7.61. The fourth-order valence-electron chi connectivity index (χ4n) is 3.06. The molecule has 0 N–H and O–H groups in total. The zero-order chi connectivity index (χ0) is 20.4. The van der Waals surface area contributed by atoms with E-state index in [2.05, 4.69) is 16.0 Å². The molecule has 4 aromatic rings. The topological polar surface area (TPSA) is 51.0 Å². The number of hydrogen-bond donors (Lipinski definition) is 0. The number of amides is 1. The molecule has 0 aliphatic heterocycles. The Hall–Kier alpha value is -2.48. The van der Waals surface area contributed by atoms with Crippen molar-refractivity contribution in [3.63, 3.8) is 0 Å². The van der Waals surface area contributed by atoms with E-state index in [1.165, 1.54) is 23.5 Å². The first kappa shape index (κ1) is 22.2. The number of imidazole rings is 1. The molecule has 1 amide bonds. The Labute approximate surface area is 188 Å². The first-order valence-electron chi connectivity index (χ1n) is 9.11. The number of nitrogens with zero attached hydrogens (tertiary/aromatic N) is 4. The van der Waals surface area contributed by atoms with Gasteiger partial charge < -0.3 is 4.57 Å². The zero-order valence-electron chi connectivity index (χ0n) is 16.1. The largest absolute Gasteiger partial charge is 0.337 e. The standard InChI is InChI=1S/C21H18ClFN4OS.ClH/c1-14-3-6-18-19(11-14)29-21(25-18)27(9-2-8-26-10-7-24-13-26)20(28)16-5-4-15(23)12-17(16)22;/h3-7,10-13H,2,8-9H2,1H3;1H. The van der Waals surface area contributed by atoms with Gasteiger partial charge in [-0.05, 0) is 49.2 Å². The van der Waals surface area contributed by atoms with E-state index >= 15 is 0 Å². The van der Waals surface area contributed by atoms with E-state index in [0.717, 1.165) is 21.8 Å². The number of fused-ring (bicyclic) bond motifs is 1. The summed E-state index contributed by atoms with van der Waals surface area (Å²) in [7, 11) is 0. The summed E-state index contributed by atoms with van der Waals surface area (Å²) < 4.78 is 16.4. The van der Waals surface area contributed by atoms with Crippen LogP contribution in [-0.2, 0) is 6.54 Å². The number of halogens is 3. The Bertz CT molecular complexity index is 1160. The lowest BCUT2D eigenvalue weighted by atomic mass is 10.2. The minimum Gasteiger partial charge on any atom is -0.337 e. The number of benzene rings is 2. The van der Waals surface area contributed by atoms with E-state index in [-0.39, 0.29) is 28.9 Å². The Morgan fingerprint density at radius 3 is 2.83 bits per heavy atom. The van der Waals surface area contributed by atoms with Crippen molar-refractivity contribution in [2.24, 2.45) is 0 Å². The van der Waals surface area contributed by atoms with Crippen LogP contribution in [0.4, 0.5) is 9.52 Å². The summed E-state index contributed by atoms with van der Waals surface area (Å²) in [5.41, 5.74) is 2.23. The maximum absolute atomic E-state index is 13.4. The highest BCUT2D eigenvalue weighted by Gasteiger charge is 2.23. The molecule has 0 fully saturated rings. The molecule has 0 aliphatic rings. The second-order valence-corrected chi connectivity index (χ2v) is 8.12. The van der Waals surface area contributed by atoms with Crippen molar-refractivity contribution < 1.29 is 9.18 Å². The number of hydrogen-bond acceptors (Lipinski definition) is 4. The van der Waals surface area contributed by atoms with Gasteiger partial charge in [-0.2, -0.15) is 0 Å². The molecule has 0 atom stereocenters. The third-order valence-electron chi connectivity index (χ3n) is 4.53. The predicted molar refractivity (Wildman–Crippen MR) is 122 cm³/mol. The Morgan fingerprint density at radius 2 is 2.10 bits per heavy atom. The predicted octanol–water partition coefficient (Wildman–Crippen LogP) is 5.75. The van der Waals surface area contributed by atoms with Gasteiger partial charge in [0.15, 0.2) is 5.13 Å². The van der Waals surface area contributed by atoms with Crippen molar-refractivity contribution in [3.8, 4) is 0 Å². The number of carbonyl (C=O) groups is 1. The van der Waals surface area contributed by atoms with Gasteiger partial charge in [0.05, 0.1) is 27.1 Å². The molecular formula is C21H19Cl2FN4OS. The summed E-state index contributed by atoms with van der Waals surface area (Å²) in [5, 5.41) is 0.688. The first-order valence-corrected chi connectivity index (χ1v) is 10.3. The van der Waals surface area contributed by atoms with Crippen LogP contribution in [0.5, 0.6) is 0 Å². The maximum atomic E-state index is 13.4.